The summed E-state index contributed by atoms with van der Waals surface area (Å²) in [5.41, 5.74) is 1.26. The first-order valence-electron chi connectivity index (χ1n) is 11.5. The van der Waals surface area contributed by atoms with Crippen molar-refractivity contribution in [3.05, 3.63) is 71.8 Å². The number of rotatable bonds is 4. The molecule has 1 aliphatic carbocycles. The molecule has 0 unspecified atom stereocenters. The number of hydrogen-bond donors (Lipinski definition) is 2. The van der Waals surface area contributed by atoms with Crippen LogP contribution in [0.2, 0.25) is 0 Å². The van der Waals surface area contributed by atoms with E-state index in [0.29, 0.717) is 39.3 Å². The Morgan fingerprint density at radius 1 is 0.719 bits per heavy atom. The number of nitrogens with zero attached hydrogens (tertiary/aromatic N) is 2. The largest absolute Gasteiger partial charge is 0.388 e. The Morgan fingerprint density at radius 2 is 1.22 bits per heavy atom. The second kappa shape index (κ2) is 8.18. The topological polar surface area (TPSA) is 74.6 Å². The van der Waals surface area contributed by atoms with Gasteiger partial charge in [0.25, 0.3) is 0 Å². The van der Waals surface area contributed by atoms with Crippen LogP contribution in [0.4, 0.5) is 0 Å². The van der Waals surface area contributed by atoms with Crippen molar-refractivity contribution in [3.63, 3.8) is 0 Å². The zero-order valence-corrected chi connectivity index (χ0v) is 18.0. The van der Waals surface area contributed by atoms with Crippen molar-refractivity contribution < 1.29 is 24.6 Å². The maximum absolute atomic E-state index is 11.6. The van der Waals surface area contributed by atoms with Gasteiger partial charge in [0, 0.05) is 24.9 Å². The Balaban J connectivity index is 1.22. The lowest BCUT2D eigenvalue weighted by atomic mass is 9.79. The van der Waals surface area contributed by atoms with Crippen LogP contribution in [0, 0.1) is 11.8 Å². The summed E-state index contributed by atoms with van der Waals surface area (Å²) in [7, 11) is 0. The molecule has 4 aliphatic rings. The molecule has 3 aliphatic heterocycles. The lowest BCUT2D eigenvalue weighted by Crippen LogP contribution is -2.66. The van der Waals surface area contributed by atoms with Crippen molar-refractivity contribution in [2.24, 2.45) is 11.8 Å². The van der Waals surface area contributed by atoms with Gasteiger partial charge in [-0.3, -0.25) is 9.68 Å². The Kier molecular flexibility index (Phi) is 5.30. The summed E-state index contributed by atoms with van der Waals surface area (Å²) in [6, 6.07) is 19.8. The van der Waals surface area contributed by atoms with Gasteiger partial charge in [0.15, 0.2) is 0 Å². The third-order valence-electron chi connectivity index (χ3n) is 7.70. The van der Waals surface area contributed by atoms with E-state index in [0.717, 1.165) is 11.1 Å². The fraction of sp³-hybridized carbons (Fsp3) is 0.520. The van der Waals surface area contributed by atoms with E-state index in [4.69, 9.17) is 14.4 Å². The summed E-state index contributed by atoms with van der Waals surface area (Å²) < 4.78 is 6.31. The molecule has 1 spiro atoms. The van der Waals surface area contributed by atoms with Gasteiger partial charge in [-0.05, 0) is 17.5 Å². The third kappa shape index (κ3) is 3.31. The molecular weight excluding hydrogens is 408 g/mol. The normalized spacial score (nSPS) is 39.4. The number of aliphatic hydroxyl groups is 2. The lowest BCUT2D eigenvalue weighted by molar-refractivity contribution is -0.258. The smallest absolute Gasteiger partial charge is 0.123 e. The molecule has 2 aromatic rings. The minimum atomic E-state index is -1.00. The highest BCUT2D eigenvalue weighted by molar-refractivity contribution is 5.19. The predicted molar refractivity (Wildman–Crippen MR) is 116 cm³/mol. The summed E-state index contributed by atoms with van der Waals surface area (Å²) in [6.45, 7) is 2.73. The summed E-state index contributed by atoms with van der Waals surface area (Å²) in [6.07, 6.45) is -1.10. The van der Waals surface area contributed by atoms with Gasteiger partial charge in [-0.15, -0.1) is 0 Å². The van der Waals surface area contributed by atoms with Crippen LogP contribution in [0.15, 0.2) is 60.7 Å². The van der Waals surface area contributed by atoms with Crippen LogP contribution in [-0.2, 0) is 27.5 Å². The molecule has 0 amide bonds. The van der Waals surface area contributed by atoms with Crippen LogP contribution >= 0.6 is 0 Å². The van der Waals surface area contributed by atoms with Gasteiger partial charge < -0.3 is 14.9 Å². The molecule has 7 heteroatoms. The summed E-state index contributed by atoms with van der Waals surface area (Å²) >= 11 is 0. The van der Waals surface area contributed by atoms with Gasteiger partial charge in [-0.25, -0.2) is 0 Å². The van der Waals surface area contributed by atoms with Crippen LogP contribution in [-0.4, -0.2) is 70.1 Å². The number of hydrogen-bond acceptors (Lipinski definition) is 7. The van der Waals surface area contributed by atoms with E-state index < -0.39 is 17.8 Å². The minimum absolute atomic E-state index is 0.0867. The minimum Gasteiger partial charge on any atom is -0.388 e. The zero-order valence-electron chi connectivity index (χ0n) is 18.0. The van der Waals surface area contributed by atoms with Gasteiger partial charge in [0.2, 0.25) is 0 Å². The molecule has 3 heterocycles. The van der Waals surface area contributed by atoms with Crippen molar-refractivity contribution in [2.45, 2.75) is 49.4 Å². The zero-order chi connectivity index (χ0) is 21.7. The second-order valence-corrected chi connectivity index (χ2v) is 9.57. The average Bonchev–Trinajstić information content (AvgIpc) is 3.48. The summed E-state index contributed by atoms with van der Waals surface area (Å²) in [4.78, 5) is 11.9. The van der Waals surface area contributed by atoms with Crippen LogP contribution in [0.1, 0.15) is 17.5 Å². The SMILES string of the molecule is O[C@@H]1[C@@H]2[C@@H](CON2Cc2ccccc2)C[C@@]12OC[C@H]1CON(Cc3ccccc3)[C@H]1[C@@H]2O. The van der Waals surface area contributed by atoms with Crippen molar-refractivity contribution >= 4 is 0 Å². The molecule has 0 bridgehead atoms. The first-order valence-corrected chi connectivity index (χ1v) is 11.5. The molecule has 0 radical (unpaired) electrons. The van der Waals surface area contributed by atoms with E-state index in [1.54, 1.807) is 0 Å². The highest BCUT2D eigenvalue weighted by Crippen LogP contribution is 2.51. The van der Waals surface area contributed by atoms with E-state index in [1.165, 1.54) is 0 Å². The number of hydroxylamine groups is 4. The highest BCUT2D eigenvalue weighted by atomic mass is 16.7. The molecule has 32 heavy (non-hydrogen) atoms. The Labute approximate surface area is 188 Å². The lowest BCUT2D eigenvalue weighted by Gasteiger charge is -2.48. The van der Waals surface area contributed by atoms with E-state index in [2.05, 4.69) is 24.3 Å². The van der Waals surface area contributed by atoms with Gasteiger partial charge in [0.05, 0.1) is 31.9 Å². The average molecular weight is 439 g/mol. The van der Waals surface area contributed by atoms with E-state index in [-0.39, 0.29) is 23.9 Å². The first kappa shape index (κ1) is 20.7. The van der Waals surface area contributed by atoms with Crippen molar-refractivity contribution in [1.29, 1.82) is 0 Å². The summed E-state index contributed by atoms with van der Waals surface area (Å²) in [5.74, 6) is 0.202. The van der Waals surface area contributed by atoms with Crippen molar-refractivity contribution in [1.82, 2.24) is 10.1 Å². The molecule has 2 N–H and O–H groups in total. The van der Waals surface area contributed by atoms with Gasteiger partial charge >= 0.3 is 0 Å². The number of fused-ring (bicyclic) bond motifs is 2. The molecule has 1 saturated carbocycles. The van der Waals surface area contributed by atoms with Crippen LogP contribution < -0.4 is 0 Å². The molecule has 7 nitrogen and oxygen atoms in total. The molecule has 6 rings (SSSR count). The Hall–Kier alpha value is -1.84. The molecule has 4 fully saturated rings. The van der Waals surface area contributed by atoms with E-state index in [9.17, 15) is 10.2 Å². The molecule has 7 atom stereocenters. The number of benzene rings is 2. The maximum atomic E-state index is 11.6. The van der Waals surface area contributed by atoms with Crippen LogP contribution in [0.5, 0.6) is 0 Å². The Morgan fingerprint density at radius 3 is 1.78 bits per heavy atom. The monoisotopic (exact) mass is 438 g/mol. The van der Waals surface area contributed by atoms with E-state index in [1.807, 2.05) is 46.5 Å². The fourth-order valence-electron chi connectivity index (χ4n) is 6.10. The van der Waals surface area contributed by atoms with Gasteiger partial charge in [-0.2, -0.15) is 10.1 Å². The van der Waals surface area contributed by atoms with Crippen LogP contribution in [0.3, 0.4) is 0 Å². The first-order chi connectivity index (χ1) is 15.7. The molecule has 3 saturated heterocycles. The van der Waals surface area contributed by atoms with Crippen molar-refractivity contribution in [2.75, 3.05) is 19.8 Å². The standard InChI is InChI=1S/C25H30N2O5/c28-23-21-19(15-31-26(21)12-17-7-3-1-4-8-17)11-25(23)24(29)22-20(14-30-25)16-32-27(22)13-18-9-5-2-6-10-18/h1-10,19-24,28-29H,11-16H2/t19-,20+,21+,22-,23-,24+,25-/m1/s1. The van der Waals surface area contributed by atoms with E-state index >= 15 is 0 Å². The number of aliphatic hydroxyl groups excluding tert-OH is 2. The second-order valence-electron chi connectivity index (χ2n) is 9.57. The molecular formula is C25H30N2O5. The third-order valence-corrected chi connectivity index (χ3v) is 7.70. The highest BCUT2D eigenvalue weighted by Gasteiger charge is 2.66. The summed E-state index contributed by atoms with van der Waals surface area (Å²) in [5, 5.41) is 26.9. The molecule has 2 aromatic carbocycles. The van der Waals surface area contributed by atoms with Crippen LogP contribution in [0.25, 0.3) is 0 Å². The Bertz CT molecular complexity index is 930. The molecule has 170 valence electrons. The van der Waals surface area contributed by atoms with Crippen molar-refractivity contribution in [3.8, 4) is 0 Å². The van der Waals surface area contributed by atoms with Gasteiger partial charge in [0.1, 0.15) is 17.8 Å². The molecule has 0 aromatic heterocycles. The quantitative estimate of drug-likeness (QED) is 0.753. The fourth-order valence-corrected chi connectivity index (χ4v) is 6.10. The maximum Gasteiger partial charge on any atom is 0.123 e. The van der Waals surface area contributed by atoms with Gasteiger partial charge in [-0.1, -0.05) is 60.7 Å². The predicted octanol–water partition coefficient (Wildman–Crippen LogP) is 1.75. The number of ether oxygens (including phenoxy) is 1.